The lowest BCUT2D eigenvalue weighted by atomic mass is 9.90. The van der Waals surface area contributed by atoms with E-state index in [0.29, 0.717) is 35.2 Å². The summed E-state index contributed by atoms with van der Waals surface area (Å²) in [4.78, 5) is 19.8. The molecule has 0 saturated carbocycles. The first kappa shape index (κ1) is 24.9. The molecule has 0 spiro atoms. The number of hydrogen-bond acceptors (Lipinski definition) is 5. The van der Waals surface area contributed by atoms with Crippen molar-refractivity contribution in [3.63, 3.8) is 0 Å². The summed E-state index contributed by atoms with van der Waals surface area (Å²) in [5.74, 6) is -0.759. The maximum absolute atomic E-state index is 13.0. The van der Waals surface area contributed by atoms with Crippen molar-refractivity contribution in [1.82, 2.24) is 4.90 Å². The maximum Gasteiger partial charge on any atom is 0.238 e. The molecule has 3 aromatic rings. The maximum atomic E-state index is 13.0. The highest BCUT2D eigenvalue weighted by Crippen LogP contribution is 2.36. The molecule has 0 fully saturated rings. The number of carbonyl (C=O) groups excluding carboxylic acids is 1. The van der Waals surface area contributed by atoms with E-state index in [1.165, 1.54) is 10.6 Å². The van der Waals surface area contributed by atoms with Crippen LogP contribution in [0.1, 0.15) is 17.0 Å². The van der Waals surface area contributed by atoms with Crippen LogP contribution in [0.4, 0.5) is 17.1 Å². The first-order chi connectivity index (χ1) is 16.6. The van der Waals surface area contributed by atoms with Crippen LogP contribution < -0.4 is 9.62 Å². The van der Waals surface area contributed by atoms with Crippen molar-refractivity contribution < 1.29 is 13.2 Å². The zero-order chi connectivity index (χ0) is 25.2. The van der Waals surface area contributed by atoms with Gasteiger partial charge in [-0.3, -0.25) is 14.1 Å². The second kappa shape index (κ2) is 10.2. The number of anilines is 2. The molecule has 1 heterocycles. The number of fused-ring (bicyclic) bond motifs is 1. The lowest BCUT2D eigenvalue weighted by Crippen LogP contribution is -2.35. The topological polar surface area (TPSA) is 82.1 Å². The van der Waals surface area contributed by atoms with Gasteiger partial charge in [0.15, 0.2) is 0 Å². The van der Waals surface area contributed by atoms with Crippen LogP contribution in [-0.4, -0.2) is 58.4 Å². The number of benzene rings is 3. The number of aliphatic imine (C=N–C) groups is 1. The van der Waals surface area contributed by atoms with Gasteiger partial charge in [-0.15, -0.1) is 0 Å². The molecule has 182 valence electrons. The average molecular weight is 511 g/mol. The normalized spacial score (nSPS) is 15.7. The van der Waals surface area contributed by atoms with E-state index in [1.807, 2.05) is 55.4 Å². The number of rotatable bonds is 8. The lowest BCUT2D eigenvalue weighted by Gasteiger charge is -2.24. The summed E-state index contributed by atoms with van der Waals surface area (Å²) < 4.78 is 26.1. The van der Waals surface area contributed by atoms with E-state index in [1.54, 1.807) is 36.4 Å². The van der Waals surface area contributed by atoms with Crippen LogP contribution in [-0.2, 0) is 14.8 Å². The van der Waals surface area contributed by atoms with Gasteiger partial charge in [-0.25, -0.2) is 8.42 Å². The molecule has 4 rings (SSSR count). The average Bonchev–Trinajstić information content (AvgIpc) is 3.13. The van der Waals surface area contributed by atoms with Crippen LogP contribution in [0.2, 0.25) is 5.02 Å². The van der Waals surface area contributed by atoms with Crippen LogP contribution >= 0.6 is 11.6 Å². The predicted molar refractivity (Wildman–Crippen MR) is 143 cm³/mol. The van der Waals surface area contributed by atoms with E-state index in [4.69, 9.17) is 16.6 Å². The minimum Gasteiger partial charge on any atom is -0.325 e. The Kier molecular flexibility index (Phi) is 7.25. The summed E-state index contributed by atoms with van der Waals surface area (Å²) in [5.41, 5.74) is 4.07. The lowest BCUT2D eigenvalue weighted by molar-refractivity contribution is -0.115. The number of likely N-dealkylation sites (N-methyl/N-ethyl adjacent to an activating group) is 1. The summed E-state index contributed by atoms with van der Waals surface area (Å²) in [6.45, 7) is 0.920. The number of carbonyl (C=O) groups is 1. The highest BCUT2D eigenvalue weighted by atomic mass is 35.5. The van der Waals surface area contributed by atoms with Crippen molar-refractivity contribution in [1.29, 1.82) is 0 Å². The molecule has 1 unspecified atom stereocenters. The third-order valence-electron chi connectivity index (χ3n) is 5.72. The van der Waals surface area contributed by atoms with Gasteiger partial charge in [-0.2, -0.15) is 0 Å². The molecule has 35 heavy (non-hydrogen) atoms. The van der Waals surface area contributed by atoms with Gasteiger partial charge in [0.2, 0.25) is 15.9 Å². The van der Waals surface area contributed by atoms with Crippen molar-refractivity contribution in [2.45, 2.75) is 5.92 Å². The number of halogens is 1. The SMILES string of the molecule is CN(C)CCN(c1ccc(N=C(c2cccc(Cl)c2)C2C(=O)Nc3ccccc32)cc1)S(C)(=O)=O. The van der Waals surface area contributed by atoms with Crippen LogP contribution in [0.25, 0.3) is 0 Å². The second-order valence-corrected chi connectivity index (χ2v) is 11.0. The molecule has 0 bridgehead atoms. The number of para-hydroxylation sites is 1. The number of nitrogens with one attached hydrogen (secondary N) is 1. The van der Waals surface area contributed by atoms with Gasteiger partial charge in [0, 0.05) is 23.8 Å². The Morgan fingerprint density at radius 2 is 1.71 bits per heavy atom. The quantitative estimate of drug-likeness (QED) is 0.451. The first-order valence-corrected chi connectivity index (χ1v) is 13.3. The fraction of sp³-hybridized carbons (Fsp3) is 0.231. The molecule has 3 aromatic carbocycles. The van der Waals surface area contributed by atoms with Gasteiger partial charge in [-0.05, 0) is 67.7 Å². The fourth-order valence-electron chi connectivity index (χ4n) is 4.03. The van der Waals surface area contributed by atoms with Crippen molar-refractivity contribution in [2.24, 2.45) is 4.99 Å². The Labute approximate surface area is 211 Å². The smallest absolute Gasteiger partial charge is 0.238 e. The van der Waals surface area contributed by atoms with E-state index in [0.717, 1.165) is 16.8 Å². The third-order valence-corrected chi connectivity index (χ3v) is 7.15. The van der Waals surface area contributed by atoms with E-state index in [9.17, 15) is 13.2 Å². The first-order valence-electron chi connectivity index (χ1n) is 11.1. The van der Waals surface area contributed by atoms with Crippen molar-refractivity contribution >= 4 is 50.3 Å². The summed E-state index contributed by atoms with van der Waals surface area (Å²) in [7, 11) is 0.344. The van der Waals surface area contributed by atoms with E-state index < -0.39 is 15.9 Å². The third kappa shape index (κ3) is 5.73. The molecule has 7 nitrogen and oxygen atoms in total. The Morgan fingerprint density at radius 3 is 2.37 bits per heavy atom. The van der Waals surface area contributed by atoms with Crippen LogP contribution in [0.15, 0.2) is 77.8 Å². The number of nitrogens with zero attached hydrogens (tertiary/aromatic N) is 3. The minimum absolute atomic E-state index is 0.159. The Hall–Kier alpha value is -3.20. The zero-order valence-electron chi connectivity index (χ0n) is 19.8. The molecule has 0 aromatic heterocycles. The van der Waals surface area contributed by atoms with Gasteiger partial charge >= 0.3 is 0 Å². The highest BCUT2D eigenvalue weighted by Gasteiger charge is 2.35. The van der Waals surface area contributed by atoms with Gasteiger partial charge < -0.3 is 10.2 Å². The molecule has 1 aliphatic rings. The monoisotopic (exact) mass is 510 g/mol. The largest absolute Gasteiger partial charge is 0.325 e. The Balaban J connectivity index is 1.75. The van der Waals surface area contributed by atoms with Gasteiger partial charge in [0.1, 0.15) is 5.92 Å². The molecule has 0 saturated heterocycles. The van der Waals surface area contributed by atoms with Crippen LogP contribution in [0.5, 0.6) is 0 Å². The van der Waals surface area contributed by atoms with E-state index in [2.05, 4.69) is 5.32 Å². The Bertz CT molecular complexity index is 1370. The van der Waals surface area contributed by atoms with Crippen LogP contribution in [0, 0.1) is 0 Å². The highest BCUT2D eigenvalue weighted by molar-refractivity contribution is 7.92. The standard InChI is InChI=1S/C26H27ClN4O3S/c1-30(2)15-16-31(35(3,33)34)21-13-11-20(12-14-21)28-25(18-7-6-8-19(27)17-18)24-22-9-4-5-10-23(22)29-26(24)32/h4-14,17,24H,15-16H2,1-3H3,(H,29,32). The molecular weight excluding hydrogens is 484 g/mol. The second-order valence-electron chi connectivity index (χ2n) is 8.67. The molecule has 1 aliphatic heterocycles. The van der Waals surface area contributed by atoms with Gasteiger partial charge in [0.25, 0.3) is 0 Å². The molecule has 1 amide bonds. The van der Waals surface area contributed by atoms with Crippen molar-refractivity contribution in [2.75, 3.05) is 43.1 Å². The Morgan fingerprint density at radius 1 is 1.00 bits per heavy atom. The molecule has 0 aliphatic carbocycles. The summed E-state index contributed by atoms with van der Waals surface area (Å²) >= 11 is 6.26. The summed E-state index contributed by atoms with van der Waals surface area (Å²) in [6, 6.07) is 21.8. The number of hydrogen-bond donors (Lipinski definition) is 1. The molecule has 9 heteroatoms. The number of sulfonamides is 1. The summed E-state index contributed by atoms with van der Waals surface area (Å²) in [6.07, 6.45) is 1.20. The fourth-order valence-corrected chi connectivity index (χ4v) is 5.14. The van der Waals surface area contributed by atoms with Crippen molar-refractivity contribution in [3.05, 3.63) is 88.9 Å². The van der Waals surface area contributed by atoms with Crippen molar-refractivity contribution in [3.8, 4) is 0 Å². The van der Waals surface area contributed by atoms with Gasteiger partial charge in [0.05, 0.1) is 23.3 Å². The molecule has 1 N–H and O–H groups in total. The van der Waals surface area contributed by atoms with Gasteiger partial charge in [-0.1, -0.05) is 41.9 Å². The summed E-state index contributed by atoms with van der Waals surface area (Å²) in [5, 5.41) is 3.48. The minimum atomic E-state index is -3.45. The van der Waals surface area contributed by atoms with E-state index >= 15 is 0 Å². The van der Waals surface area contributed by atoms with Crippen LogP contribution in [0.3, 0.4) is 0 Å². The van der Waals surface area contributed by atoms with E-state index in [-0.39, 0.29) is 5.91 Å². The molecule has 0 radical (unpaired) electrons. The molecular formula is C26H27ClN4O3S. The predicted octanol–water partition coefficient (Wildman–Crippen LogP) is 4.52. The number of amides is 1. The zero-order valence-corrected chi connectivity index (χ0v) is 21.3. The molecule has 1 atom stereocenters.